The van der Waals surface area contributed by atoms with Gasteiger partial charge < -0.3 is 10.8 Å². The van der Waals surface area contributed by atoms with Gasteiger partial charge in [0.2, 0.25) is 11.2 Å². The molecule has 7 nitrogen and oxygen atoms in total. The Kier molecular flexibility index (Phi) is 5.32. The second kappa shape index (κ2) is 7.23. The molecule has 1 aromatic rings. The predicted molar refractivity (Wildman–Crippen MR) is 87.5 cm³/mol. The van der Waals surface area contributed by atoms with Gasteiger partial charge in [-0.3, -0.25) is 18.8 Å². The summed E-state index contributed by atoms with van der Waals surface area (Å²) in [6, 6.07) is 2.60. The Balaban J connectivity index is 2.46. The van der Waals surface area contributed by atoms with E-state index in [0.29, 0.717) is 12.1 Å². The van der Waals surface area contributed by atoms with Crippen molar-refractivity contribution < 1.29 is 18.5 Å². The highest BCUT2D eigenvalue weighted by molar-refractivity contribution is 7.85. The minimum Gasteiger partial charge on any atom is -0.506 e. The molecule has 4 N–H and O–H groups in total. The van der Waals surface area contributed by atoms with Gasteiger partial charge in [-0.05, 0) is 18.6 Å². The lowest BCUT2D eigenvalue weighted by Crippen LogP contribution is -2.24. The quantitative estimate of drug-likeness (QED) is 0.690. The van der Waals surface area contributed by atoms with Gasteiger partial charge in [-0.25, -0.2) is 8.60 Å². The van der Waals surface area contributed by atoms with E-state index in [9.17, 15) is 18.5 Å². The van der Waals surface area contributed by atoms with E-state index < -0.39 is 28.6 Å². The van der Waals surface area contributed by atoms with Crippen molar-refractivity contribution in [3.8, 4) is 5.75 Å². The maximum Gasteiger partial charge on any atom is 0.253 e. The summed E-state index contributed by atoms with van der Waals surface area (Å²) in [4.78, 5) is 15.4. The van der Waals surface area contributed by atoms with Crippen molar-refractivity contribution in [3.05, 3.63) is 29.7 Å². The fourth-order valence-electron chi connectivity index (χ4n) is 2.04. The van der Waals surface area contributed by atoms with Crippen LogP contribution in [0.3, 0.4) is 0 Å². The number of carbonyl (C=O) groups excluding carboxylic acids is 1. The molecule has 1 amide bonds. The third-order valence-corrected chi connectivity index (χ3v) is 4.22. The molecule has 1 atom stereocenters. The summed E-state index contributed by atoms with van der Waals surface area (Å²) in [7, 11) is 0. The minimum atomic E-state index is -1.94. The van der Waals surface area contributed by atoms with Crippen LogP contribution in [0.1, 0.15) is 18.9 Å². The lowest BCUT2D eigenvalue weighted by atomic mass is 10.1. The molecular weight excluding hydrogens is 323 g/mol. The number of phenols is 1. The fourth-order valence-corrected chi connectivity index (χ4v) is 2.99. The van der Waals surface area contributed by atoms with Gasteiger partial charge in [-0.2, -0.15) is 0 Å². The number of halogens is 1. The number of carbonyl (C=O) groups is 1. The highest BCUT2D eigenvalue weighted by Crippen LogP contribution is 2.36. The molecule has 2 rings (SSSR count). The molecule has 1 saturated heterocycles. The number of nitrogens with two attached hydrogens (primary N) is 1. The number of anilines is 1. The van der Waals surface area contributed by atoms with Crippen LogP contribution in [0.2, 0.25) is 0 Å². The van der Waals surface area contributed by atoms with E-state index in [1.807, 2.05) is 6.92 Å². The van der Waals surface area contributed by atoms with Crippen molar-refractivity contribution in [3.63, 3.8) is 0 Å². The first-order chi connectivity index (χ1) is 11.0. The molecule has 1 heterocycles. The molecular formula is C14H17FN4O3S. The maximum atomic E-state index is 14.8. The highest BCUT2D eigenvalue weighted by atomic mass is 32.2. The van der Waals surface area contributed by atoms with Gasteiger partial charge in [0.25, 0.3) is 5.91 Å². The second-order valence-corrected chi connectivity index (χ2v) is 5.91. The number of rotatable bonds is 5. The summed E-state index contributed by atoms with van der Waals surface area (Å²) >= 11 is -1.94. The van der Waals surface area contributed by atoms with Gasteiger partial charge in [0.1, 0.15) is 18.0 Å². The van der Waals surface area contributed by atoms with Gasteiger partial charge >= 0.3 is 0 Å². The first-order valence-electron chi connectivity index (χ1n) is 6.92. The van der Waals surface area contributed by atoms with Crippen molar-refractivity contribution in [2.24, 2.45) is 10.7 Å². The molecule has 1 aromatic carbocycles. The van der Waals surface area contributed by atoms with Crippen LogP contribution in [0.15, 0.2) is 23.3 Å². The smallest absolute Gasteiger partial charge is 0.253 e. The first kappa shape index (κ1) is 16.9. The Morgan fingerprint density at radius 3 is 2.91 bits per heavy atom. The fraction of sp³-hybridized carbons (Fsp3) is 0.286. The number of nitrogens with one attached hydrogen (secondary N) is 1. The summed E-state index contributed by atoms with van der Waals surface area (Å²) in [6.07, 6.45) is 3.47. The molecule has 0 radical (unpaired) electrons. The minimum absolute atomic E-state index is 0.0940. The van der Waals surface area contributed by atoms with E-state index in [4.69, 9.17) is 5.73 Å². The van der Waals surface area contributed by atoms with Gasteiger partial charge in [0.05, 0.1) is 0 Å². The van der Waals surface area contributed by atoms with E-state index >= 15 is 0 Å². The third-order valence-electron chi connectivity index (χ3n) is 3.11. The number of amides is 1. The van der Waals surface area contributed by atoms with Crippen LogP contribution in [0.25, 0.3) is 5.57 Å². The van der Waals surface area contributed by atoms with Crippen molar-refractivity contribution in [1.29, 1.82) is 0 Å². The van der Waals surface area contributed by atoms with E-state index in [-0.39, 0.29) is 17.8 Å². The largest absolute Gasteiger partial charge is 0.506 e. The molecule has 1 aliphatic rings. The summed E-state index contributed by atoms with van der Waals surface area (Å²) in [5, 5.41) is 9.91. The van der Waals surface area contributed by atoms with Crippen LogP contribution in [0, 0.1) is 5.82 Å². The lowest BCUT2D eigenvalue weighted by molar-refractivity contribution is -0.117. The molecule has 0 aliphatic carbocycles. The Labute approximate surface area is 135 Å². The monoisotopic (exact) mass is 340 g/mol. The number of aliphatic imine (C=N–C) groups is 1. The van der Waals surface area contributed by atoms with Crippen molar-refractivity contribution in [1.82, 2.24) is 4.72 Å². The van der Waals surface area contributed by atoms with Gasteiger partial charge in [-0.15, -0.1) is 0 Å². The number of aromatic hydroxyl groups is 1. The molecule has 23 heavy (non-hydrogen) atoms. The van der Waals surface area contributed by atoms with Crippen molar-refractivity contribution in [2.75, 3.05) is 17.4 Å². The van der Waals surface area contributed by atoms with Gasteiger partial charge in [0.15, 0.2) is 5.82 Å². The Bertz CT molecular complexity index is 706. The normalized spacial score (nSPS) is 18.7. The Morgan fingerprint density at radius 1 is 1.61 bits per heavy atom. The first-order valence-corrected chi connectivity index (χ1v) is 8.02. The molecule has 1 fully saturated rings. The van der Waals surface area contributed by atoms with Crippen molar-refractivity contribution in [2.45, 2.75) is 13.3 Å². The molecule has 9 heteroatoms. The Morgan fingerprint density at radius 2 is 2.35 bits per heavy atom. The van der Waals surface area contributed by atoms with Gasteiger partial charge in [0, 0.05) is 30.1 Å². The van der Waals surface area contributed by atoms with Crippen LogP contribution >= 0.6 is 0 Å². The zero-order valence-electron chi connectivity index (χ0n) is 12.5. The third kappa shape index (κ3) is 3.50. The molecule has 0 aromatic heterocycles. The number of hydrogen-bond acceptors (Lipinski definition) is 5. The van der Waals surface area contributed by atoms with Gasteiger partial charge in [-0.1, -0.05) is 6.92 Å². The standard InChI is InChI=1S/C14H17FN4O3S/c1-2-5-17-7-9(6-16)10-3-4-11(20)14(13(10)15)19-8-12(21)18-23(19)22/h3-4,6-7,20H,2,5,8,16H2,1H3,(H,18,21)/b9-6+,17-7?. The number of nitrogens with zero attached hydrogens (tertiary/aromatic N) is 2. The molecule has 0 saturated carbocycles. The number of allylic oxidation sites excluding steroid dienone is 1. The second-order valence-electron chi connectivity index (χ2n) is 4.76. The SMILES string of the molecule is CCCN=C/C(=C\N)c1ccc(O)c(N2CC(=O)NS2=O)c1F. The average Bonchev–Trinajstić information content (AvgIpc) is 2.83. The number of hydrogen-bond donors (Lipinski definition) is 3. The van der Waals surface area contributed by atoms with E-state index in [1.54, 1.807) is 0 Å². The van der Waals surface area contributed by atoms with Crippen LogP contribution in [-0.4, -0.2) is 34.5 Å². The maximum absolute atomic E-state index is 14.8. The molecule has 1 unspecified atom stereocenters. The number of phenolic OH excluding ortho intramolecular Hbond substituents is 1. The van der Waals surface area contributed by atoms with Crippen molar-refractivity contribution >= 4 is 34.6 Å². The van der Waals surface area contributed by atoms with Crippen LogP contribution in [0.5, 0.6) is 5.75 Å². The van der Waals surface area contributed by atoms with Crippen LogP contribution in [0.4, 0.5) is 10.1 Å². The molecule has 1 aliphatic heterocycles. The molecule has 124 valence electrons. The predicted octanol–water partition coefficient (Wildman–Crippen LogP) is 0.827. The number of benzene rings is 1. The average molecular weight is 340 g/mol. The Hall–Kier alpha value is -2.42. The zero-order chi connectivity index (χ0) is 17.0. The summed E-state index contributed by atoms with van der Waals surface area (Å²) in [5.41, 5.74) is 5.62. The van der Waals surface area contributed by atoms with E-state index in [0.717, 1.165) is 10.7 Å². The van der Waals surface area contributed by atoms with Crippen LogP contribution < -0.4 is 14.8 Å². The topological polar surface area (TPSA) is 108 Å². The molecule has 0 bridgehead atoms. The molecule has 0 spiro atoms. The van der Waals surface area contributed by atoms with Crippen LogP contribution in [-0.2, 0) is 16.0 Å². The summed E-state index contributed by atoms with van der Waals surface area (Å²) in [6.45, 7) is 2.21. The zero-order valence-corrected chi connectivity index (χ0v) is 13.3. The summed E-state index contributed by atoms with van der Waals surface area (Å²) in [5.74, 6) is -1.76. The van der Waals surface area contributed by atoms with E-state index in [1.165, 1.54) is 24.5 Å². The highest BCUT2D eigenvalue weighted by Gasteiger charge is 2.32. The van der Waals surface area contributed by atoms with E-state index in [2.05, 4.69) is 9.71 Å². The lowest BCUT2D eigenvalue weighted by Gasteiger charge is -2.18. The summed E-state index contributed by atoms with van der Waals surface area (Å²) < 4.78 is 29.7.